The fraction of sp³-hybridized carbons (Fsp3) is 0.261. The molecular formula is C23H27NO3. The Morgan fingerprint density at radius 1 is 1.07 bits per heavy atom. The second-order valence-corrected chi connectivity index (χ2v) is 6.38. The maximum Gasteiger partial charge on any atom is 0.244 e. The first-order valence-corrected chi connectivity index (χ1v) is 8.98. The third-order valence-corrected chi connectivity index (χ3v) is 3.97. The second-order valence-electron chi connectivity index (χ2n) is 6.38. The van der Waals surface area contributed by atoms with Crippen LogP contribution in [0.2, 0.25) is 0 Å². The highest BCUT2D eigenvalue weighted by Gasteiger charge is 2.11. The van der Waals surface area contributed by atoms with Crippen LogP contribution in [0.5, 0.6) is 5.75 Å². The van der Waals surface area contributed by atoms with Crippen LogP contribution in [0.25, 0.3) is 6.08 Å². The monoisotopic (exact) mass is 365 g/mol. The molecule has 1 unspecified atom stereocenters. The minimum Gasteiger partial charge on any atom is -0.490 e. The van der Waals surface area contributed by atoms with Crippen molar-refractivity contribution in [3.05, 3.63) is 83.4 Å². The molecule has 0 saturated heterocycles. The molecule has 142 valence electrons. The van der Waals surface area contributed by atoms with E-state index in [0.29, 0.717) is 13.2 Å². The first-order chi connectivity index (χ1) is 13.1. The SMILES string of the molecule is COC(CNC(=O)C=Cc1ccccc1)c1ccc(OCC=C(C)C)cc1. The zero-order valence-electron chi connectivity index (χ0n) is 16.1. The number of hydrogen-bond donors (Lipinski definition) is 1. The Bertz CT molecular complexity index is 760. The van der Waals surface area contributed by atoms with Crippen LogP contribution in [0.1, 0.15) is 31.1 Å². The summed E-state index contributed by atoms with van der Waals surface area (Å²) in [4.78, 5) is 12.0. The Balaban J connectivity index is 1.86. The number of ether oxygens (including phenoxy) is 2. The summed E-state index contributed by atoms with van der Waals surface area (Å²) in [6.45, 7) is 5.03. The van der Waals surface area contributed by atoms with Gasteiger partial charge in [0.15, 0.2) is 0 Å². The Kier molecular flexibility index (Phi) is 8.33. The van der Waals surface area contributed by atoms with Crippen LogP contribution in [-0.2, 0) is 9.53 Å². The summed E-state index contributed by atoms with van der Waals surface area (Å²) in [5.74, 6) is 0.656. The number of carbonyl (C=O) groups excluding carboxylic acids is 1. The Morgan fingerprint density at radius 3 is 2.41 bits per heavy atom. The van der Waals surface area contributed by atoms with Crippen molar-refractivity contribution in [1.82, 2.24) is 5.32 Å². The van der Waals surface area contributed by atoms with Crippen LogP contribution in [0.4, 0.5) is 0 Å². The van der Waals surface area contributed by atoms with E-state index in [0.717, 1.165) is 16.9 Å². The maximum absolute atomic E-state index is 12.0. The van der Waals surface area contributed by atoms with E-state index in [9.17, 15) is 4.79 Å². The highest BCUT2D eigenvalue weighted by Crippen LogP contribution is 2.20. The van der Waals surface area contributed by atoms with Crippen LogP contribution in [0, 0.1) is 0 Å². The summed E-state index contributed by atoms with van der Waals surface area (Å²) in [5, 5.41) is 2.87. The van der Waals surface area contributed by atoms with Gasteiger partial charge in [-0.15, -0.1) is 0 Å². The standard InChI is InChI=1S/C23H27NO3/c1-18(2)15-16-27-21-12-10-20(11-13-21)22(26-3)17-24-23(25)14-9-19-7-5-4-6-8-19/h4-15,22H,16-17H2,1-3H3,(H,24,25). The van der Waals surface area contributed by atoms with Crippen LogP contribution >= 0.6 is 0 Å². The van der Waals surface area contributed by atoms with Gasteiger partial charge in [0, 0.05) is 19.7 Å². The normalized spacial score (nSPS) is 11.8. The van der Waals surface area contributed by atoms with E-state index in [-0.39, 0.29) is 12.0 Å². The predicted octanol–water partition coefficient (Wildman–Crippen LogP) is 4.55. The number of rotatable bonds is 9. The second kappa shape index (κ2) is 11.0. The zero-order valence-corrected chi connectivity index (χ0v) is 16.1. The van der Waals surface area contributed by atoms with E-state index in [1.54, 1.807) is 13.2 Å². The molecule has 0 aliphatic rings. The van der Waals surface area contributed by atoms with Crippen LogP contribution < -0.4 is 10.1 Å². The van der Waals surface area contributed by atoms with Crippen LogP contribution in [0.3, 0.4) is 0 Å². The van der Waals surface area contributed by atoms with E-state index in [1.807, 2.05) is 74.5 Å². The van der Waals surface area contributed by atoms with Crippen molar-refractivity contribution in [2.75, 3.05) is 20.3 Å². The van der Waals surface area contributed by atoms with Gasteiger partial charge in [-0.2, -0.15) is 0 Å². The Hall–Kier alpha value is -2.85. The summed E-state index contributed by atoms with van der Waals surface area (Å²) in [6, 6.07) is 17.5. The summed E-state index contributed by atoms with van der Waals surface area (Å²) < 4.78 is 11.2. The van der Waals surface area contributed by atoms with Crippen LogP contribution in [-0.4, -0.2) is 26.2 Å². The van der Waals surface area contributed by atoms with Crippen molar-refractivity contribution < 1.29 is 14.3 Å². The van der Waals surface area contributed by atoms with Crippen molar-refractivity contribution in [1.29, 1.82) is 0 Å². The molecule has 2 aromatic carbocycles. The van der Waals surface area contributed by atoms with Gasteiger partial charge in [-0.25, -0.2) is 0 Å². The van der Waals surface area contributed by atoms with Crippen molar-refractivity contribution in [3.8, 4) is 5.75 Å². The minimum atomic E-state index is -0.217. The number of nitrogens with one attached hydrogen (secondary N) is 1. The lowest BCUT2D eigenvalue weighted by Gasteiger charge is -2.16. The third-order valence-electron chi connectivity index (χ3n) is 3.97. The van der Waals surface area contributed by atoms with Crippen molar-refractivity contribution in [3.63, 3.8) is 0 Å². The van der Waals surface area contributed by atoms with Crippen molar-refractivity contribution in [2.24, 2.45) is 0 Å². The molecule has 0 aromatic heterocycles. The van der Waals surface area contributed by atoms with Gasteiger partial charge < -0.3 is 14.8 Å². The lowest BCUT2D eigenvalue weighted by molar-refractivity contribution is -0.117. The van der Waals surface area contributed by atoms with Gasteiger partial charge in [-0.1, -0.05) is 48.0 Å². The van der Waals surface area contributed by atoms with Gasteiger partial charge in [0.2, 0.25) is 5.91 Å². The van der Waals surface area contributed by atoms with E-state index >= 15 is 0 Å². The average Bonchev–Trinajstić information content (AvgIpc) is 2.68. The number of allylic oxidation sites excluding steroid dienone is 1. The molecule has 0 spiro atoms. The number of methoxy groups -OCH3 is 1. The Morgan fingerprint density at radius 2 is 1.78 bits per heavy atom. The van der Waals surface area contributed by atoms with E-state index in [4.69, 9.17) is 9.47 Å². The van der Waals surface area contributed by atoms with E-state index in [2.05, 4.69) is 5.32 Å². The number of carbonyl (C=O) groups is 1. The molecule has 0 fully saturated rings. The molecule has 0 heterocycles. The quantitative estimate of drug-likeness (QED) is 0.524. The van der Waals surface area contributed by atoms with Crippen LogP contribution in [0.15, 0.2) is 72.3 Å². The molecule has 4 nitrogen and oxygen atoms in total. The largest absolute Gasteiger partial charge is 0.490 e. The summed E-state index contributed by atoms with van der Waals surface area (Å²) in [7, 11) is 1.63. The highest BCUT2D eigenvalue weighted by molar-refractivity contribution is 5.91. The first kappa shape index (κ1) is 20.5. The topological polar surface area (TPSA) is 47.6 Å². The minimum absolute atomic E-state index is 0.150. The number of benzene rings is 2. The molecule has 0 radical (unpaired) electrons. The summed E-state index contributed by atoms with van der Waals surface area (Å²) >= 11 is 0. The molecule has 0 saturated carbocycles. The summed E-state index contributed by atoms with van der Waals surface area (Å²) in [5.41, 5.74) is 3.20. The molecule has 1 N–H and O–H groups in total. The van der Waals surface area contributed by atoms with Gasteiger partial charge in [0.05, 0.1) is 6.10 Å². The molecule has 27 heavy (non-hydrogen) atoms. The maximum atomic E-state index is 12.0. The van der Waals surface area contributed by atoms with Gasteiger partial charge in [-0.3, -0.25) is 4.79 Å². The van der Waals surface area contributed by atoms with Gasteiger partial charge in [-0.05, 0) is 49.3 Å². The van der Waals surface area contributed by atoms with Crippen molar-refractivity contribution in [2.45, 2.75) is 20.0 Å². The highest BCUT2D eigenvalue weighted by atomic mass is 16.5. The predicted molar refractivity (Wildman–Crippen MR) is 110 cm³/mol. The fourth-order valence-corrected chi connectivity index (χ4v) is 2.41. The molecule has 1 atom stereocenters. The zero-order chi connectivity index (χ0) is 19.5. The Labute approximate surface area is 161 Å². The van der Waals surface area contributed by atoms with E-state index in [1.165, 1.54) is 11.6 Å². The average molecular weight is 365 g/mol. The first-order valence-electron chi connectivity index (χ1n) is 8.98. The molecule has 0 aliphatic heterocycles. The molecule has 0 aliphatic carbocycles. The molecule has 2 aromatic rings. The molecule has 4 heteroatoms. The van der Waals surface area contributed by atoms with Gasteiger partial charge in [0.25, 0.3) is 0 Å². The lowest BCUT2D eigenvalue weighted by atomic mass is 10.1. The molecule has 0 bridgehead atoms. The molecular weight excluding hydrogens is 338 g/mol. The summed E-state index contributed by atoms with van der Waals surface area (Å²) in [6.07, 6.45) is 5.13. The smallest absolute Gasteiger partial charge is 0.244 e. The number of hydrogen-bond acceptors (Lipinski definition) is 3. The molecule has 1 amide bonds. The molecule has 2 rings (SSSR count). The van der Waals surface area contributed by atoms with Gasteiger partial charge in [0.1, 0.15) is 12.4 Å². The van der Waals surface area contributed by atoms with E-state index < -0.39 is 0 Å². The van der Waals surface area contributed by atoms with Gasteiger partial charge >= 0.3 is 0 Å². The van der Waals surface area contributed by atoms with Crippen molar-refractivity contribution >= 4 is 12.0 Å². The lowest BCUT2D eigenvalue weighted by Crippen LogP contribution is -2.27. The third kappa shape index (κ3) is 7.50. The number of amides is 1. The fourth-order valence-electron chi connectivity index (χ4n) is 2.41.